The maximum absolute atomic E-state index is 17.2. The molecule has 6 saturated heterocycles. The molecule has 17 nitrogen and oxygen atoms in total. The number of benzene rings is 3. The predicted molar refractivity (Wildman–Crippen MR) is 274 cm³/mol. The van der Waals surface area contributed by atoms with Crippen LogP contribution in [0.25, 0.3) is 32.9 Å². The SMILES string of the molecule is C#Cc1c(F)ccc2cccc(-c3ncc4c(N5CC6CCC(C5)N6)nc(OC[C@@]56CC[C@@H](COC(=O)N7CCC(CCCNc8ccc9c(c8)C(=O)N(C8CCC(=O)NC8=O)C9=O)C7)N5CC(=C)C6)nc4c3F)c12. The number of terminal acetylenes is 1. The highest BCUT2D eigenvalue weighted by Gasteiger charge is 2.52. The van der Waals surface area contributed by atoms with Crippen molar-refractivity contribution in [2.24, 2.45) is 5.92 Å². The topological polar surface area (TPSA) is 192 Å². The van der Waals surface area contributed by atoms with E-state index in [9.17, 15) is 24.0 Å². The molecule has 6 atom stereocenters. The fourth-order valence-corrected chi connectivity index (χ4v) is 12.8. The van der Waals surface area contributed by atoms with Crippen LogP contribution < -0.4 is 25.6 Å². The van der Waals surface area contributed by atoms with E-state index in [2.05, 4.69) is 43.2 Å². The molecule has 7 aliphatic rings. The smallest absolute Gasteiger partial charge is 0.409 e. The van der Waals surface area contributed by atoms with E-state index >= 15 is 8.78 Å². The predicted octanol–water partition coefficient (Wildman–Crippen LogP) is 6.34. The number of hydrogen-bond acceptors (Lipinski definition) is 14. The highest BCUT2D eigenvalue weighted by atomic mass is 19.1. The van der Waals surface area contributed by atoms with E-state index in [1.165, 1.54) is 6.07 Å². The molecular formula is C56H56F2N10O7. The first kappa shape index (κ1) is 48.4. The molecule has 75 heavy (non-hydrogen) atoms. The van der Waals surface area contributed by atoms with Crippen molar-refractivity contribution in [3.8, 4) is 29.6 Å². The molecule has 5 aromatic rings. The molecule has 0 aliphatic carbocycles. The fourth-order valence-electron chi connectivity index (χ4n) is 12.8. The minimum absolute atomic E-state index is 0.00841. The van der Waals surface area contributed by atoms with E-state index in [1.54, 1.807) is 53.6 Å². The van der Waals surface area contributed by atoms with Crippen LogP contribution in [0.1, 0.15) is 90.5 Å². The summed E-state index contributed by atoms with van der Waals surface area (Å²) in [7, 11) is 0. The first-order valence-electron chi connectivity index (χ1n) is 26.0. The zero-order valence-corrected chi connectivity index (χ0v) is 41.3. The van der Waals surface area contributed by atoms with Gasteiger partial charge in [-0.25, -0.2) is 13.6 Å². The number of carbonyl (C=O) groups is 5. The van der Waals surface area contributed by atoms with Crippen LogP contribution in [0.15, 0.2) is 66.9 Å². The average Bonchev–Trinajstić information content (AvgIpc) is 4.23. The van der Waals surface area contributed by atoms with Gasteiger partial charge in [0.2, 0.25) is 11.8 Å². The van der Waals surface area contributed by atoms with Gasteiger partial charge in [-0.3, -0.25) is 39.3 Å². The highest BCUT2D eigenvalue weighted by Crippen LogP contribution is 2.45. The van der Waals surface area contributed by atoms with Crippen molar-refractivity contribution in [3.63, 3.8) is 0 Å². The van der Waals surface area contributed by atoms with Crippen LogP contribution >= 0.6 is 0 Å². The largest absolute Gasteiger partial charge is 0.461 e. The Morgan fingerprint density at radius 2 is 1.79 bits per heavy atom. The number of carbonyl (C=O) groups excluding carboxylic acids is 5. The lowest BCUT2D eigenvalue weighted by molar-refractivity contribution is -0.136. The monoisotopic (exact) mass is 1020 g/mol. The molecular weight excluding hydrogens is 963 g/mol. The molecule has 2 bridgehead atoms. The van der Waals surface area contributed by atoms with E-state index < -0.39 is 46.8 Å². The van der Waals surface area contributed by atoms with Gasteiger partial charge in [-0.2, -0.15) is 9.97 Å². The van der Waals surface area contributed by atoms with Gasteiger partial charge in [0.1, 0.15) is 42.1 Å². The minimum atomic E-state index is -1.02. The summed E-state index contributed by atoms with van der Waals surface area (Å²) >= 11 is 0. The number of piperidine rings is 1. The molecule has 0 spiro atoms. The zero-order valence-electron chi connectivity index (χ0n) is 41.3. The second kappa shape index (κ2) is 19.3. The van der Waals surface area contributed by atoms with Crippen LogP contribution in [0.2, 0.25) is 0 Å². The van der Waals surface area contributed by atoms with Gasteiger partial charge in [-0.1, -0.05) is 42.3 Å². The Morgan fingerprint density at radius 3 is 2.60 bits per heavy atom. The second-order valence-corrected chi connectivity index (χ2v) is 21.2. The van der Waals surface area contributed by atoms with Crippen LogP contribution in [0.5, 0.6) is 6.01 Å². The number of halogens is 2. The number of ether oxygens (including phenoxy) is 2. The lowest BCUT2D eigenvalue weighted by Gasteiger charge is -2.35. The average molecular weight is 1020 g/mol. The van der Waals surface area contributed by atoms with Gasteiger partial charge < -0.3 is 29.9 Å². The standard InChI is InChI=1S/C56H56F2N10O7/c1-3-38-43(57)14-9-33-7-4-8-40(46(33)38)48-47(58)49-42(24-60-48)50(66-27-35-10-11-36(28-66)61-35)64-54(63-49)75-30-56-19-17-37(67(56)25-31(2)23-56)29-74-55(73)65-21-18-32(26-65)6-5-20-59-34-12-13-39-41(22-34)53(72)68(52(39)71)44-15-16-45(69)62-51(44)70/h1,4,7-9,12-14,22,24,32,35-37,44,59,61H,2,5-6,10-11,15-21,23,25-30H2,(H,62,69,70)/t32?,35?,36?,37-,44?,56-/m0/s1. The van der Waals surface area contributed by atoms with Crippen molar-refractivity contribution in [1.82, 2.24) is 40.3 Å². The number of piperazine rings is 1. The summed E-state index contributed by atoms with van der Waals surface area (Å²) in [6, 6.07) is 12.6. The summed E-state index contributed by atoms with van der Waals surface area (Å²) in [5.41, 5.74) is 2.12. The van der Waals surface area contributed by atoms with Crippen LogP contribution in [0.4, 0.5) is 25.1 Å². The van der Waals surface area contributed by atoms with Gasteiger partial charge in [-0.15, -0.1) is 6.42 Å². The molecule has 0 radical (unpaired) electrons. The highest BCUT2D eigenvalue weighted by molar-refractivity contribution is 6.23. The molecule has 7 aliphatic heterocycles. The third-order valence-corrected chi connectivity index (χ3v) is 16.5. The van der Waals surface area contributed by atoms with E-state index in [-0.39, 0.29) is 84.2 Å². The van der Waals surface area contributed by atoms with Crippen molar-refractivity contribution in [2.45, 2.75) is 93.9 Å². The van der Waals surface area contributed by atoms with E-state index in [1.807, 2.05) is 0 Å². The second-order valence-electron chi connectivity index (χ2n) is 21.2. The van der Waals surface area contributed by atoms with Crippen molar-refractivity contribution < 1.29 is 42.2 Å². The van der Waals surface area contributed by atoms with Crippen LogP contribution in [0.3, 0.4) is 0 Å². The molecule has 19 heteroatoms. The van der Waals surface area contributed by atoms with Gasteiger partial charge in [0, 0.05) is 86.6 Å². The molecule has 3 aromatic carbocycles. The Balaban J connectivity index is 0.678. The van der Waals surface area contributed by atoms with Crippen molar-refractivity contribution >= 4 is 62.9 Å². The van der Waals surface area contributed by atoms with Gasteiger partial charge in [-0.05, 0) is 93.4 Å². The molecule has 2 aromatic heterocycles. The zero-order chi connectivity index (χ0) is 51.7. The van der Waals surface area contributed by atoms with Gasteiger partial charge in [0.15, 0.2) is 5.82 Å². The lowest BCUT2D eigenvalue weighted by Crippen LogP contribution is -2.54. The van der Waals surface area contributed by atoms with Crippen LogP contribution in [0, 0.1) is 29.9 Å². The number of imide groups is 2. The van der Waals surface area contributed by atoms with Gasteiger partial charge in [0.25, 0.3) is 11.8 Å². The number of fused-ring (bicyclic) bond motifs is 6. The molecule has 4 unspecified atom stereocenters. The number of nitrogens with one attached hydrogen (secondary N) is 3. The molecule has 6 fully saturated rings. The first-order chi connectivity index (χ1) is 36.3. The third-order valence-electron chi connectivity index (χ3n) is 16.5. The number of likely N-dealkylation sites (tertiary alicyclic amines) is 1. The Labute approximate surface area is 431 Å². The van der Waals surface area contributed by atoms with Crippen molar-refractivity contribution in [1.29, 1.82) is 0 Å². The van der Waals surface area contributed by atoms with Gasteiger partial charge in [0.05, 0.1) is 27.6 Å². The normalized spacial score (nSPS) is 25.3. The molecule has 0 saturated carbocycles. The van der Waals surface area contributed by atoms with E-state index in [0.717, 1.165) is 55.4 Å². The summed E-state index contributed by atoms with van der Waals surface area (Å²) in [6.45, 7) is 8.53. The number of rotatable bonds is 13. The first-order valence-corrected chi connectivity index (χ1v) is 26.0. The Hall–Kier alpha value is -7.56. The van der Waals surface area contributed by atoms with Gasteiger partial charge >= 0.3 is 12.1 Å². The molecule has 9 heterocycles. The molecule has 3 N–H and O–H groups in total. The molecule has 5 amide bonds. The number of pyridine rings is 1. The fraction of sp³-hybridized carbons (Fsp3) is 0.429. The van der Waals surface area contributed by atoms with Crippen LogP contribution in [-0.2, 0) is 14.3 Å². The van der Waals surface area contributed by atoms with Crippen molar-refractivity contribution in [3.05, 3.63) is 95.2 Å². The Morgan fingerprint density at radius 1 is 0.960 bits per heavy atom. The van der Waals surface area contributed by atoms with Crippen molar-refractivity contribution in [2.75, 3.05) is 62.7 Å². The van der Waals surface area contributed by atoms with E-state index in [0.29, 0.717) is 84.8 Å². The number of nitrogens with zero attached hydrogens (tertiary/aromatic N) is 7. The number of aromatic nitrogens is 3. The Kier molecular flexibility index (Phi) is 12.4. The summed E-state index contributed by atoms with van der Waals surface area (Å²) in [5.74, 6) is -0.148. The third kappa shape index (κ3) is 8.76. The molecule has 12 rings (SSSR count). The maximum Gasteiger partial charge on any atom is 0.409 e. The maximum atomic E-state index is 17.2. The number of hydrogen-bond donors (Lipinski definition) is 3. The van der Waals surface area contributed by atoms with Crippen LogP contribution in [-0.4, -0.2) is 142 Å². The summed E-state index contributed by atoms with van der Waals surface area (Å²) in [4.78, 5) is 85.6. The number of amides is 5. The molecule has 386 valence electrons. The summed E-state index contributed by atoms with van der Waals surface area (Å²) in [5, 5.41) is 10.7. The number of anilines is 2. The minimum Gasteiger partial charge on any atom is -0.461 e. The Bertz CT molecular complexity index is 3280. The van der Waals surface area contributed by atoms with E-state index in [4.69, 9.17) is 25.9 Å². The summed E-state index contributed by atoms with van der Waals surface area (Å²) in [6.07, 6.45) is 14.0. The summed E-state index contributed by atoms with van der Waals surface area (Å²) < 4.78 is 44.9. The lowest BCUT2D eigenvalue weighted by atomic mass is 9.94. The quantitative estimate of drug-likeness (QED) is 0.0513.